The van der Waals surface area contributed by atoms with Gasteiger partial charge in [-0.25, -0.2) is 0 Å². The Morgan fingerprint density at radius 1 is 1.41 bits per heavy atom. The van der Waals surface area contributed by atoms with E-state index in [1.54, 1.807) is 23.3 Å². The topological polar surface area (TPSA) is 40.5 Å². The fraction of sp³-hybridized carbons (Fsp3) is 0.308. The van der Waals surface area contributed by atoms with Gasteiger partial charge in [0, 0.05) is 18.3 Å². The van der Waals surface area contributed by atoms with Crippen molar-refractivity contribution in [2.75, 3.05) is 20.2 Å². The van der Waals surface area contributed by atoms with E-state index in [0.29, 0.717) is 6.54 Å². The Kier molecular flexibility index (Phi) is 3.76. The third-order valence-electron chi connectivity index (χ3n) is 2.84. The molecule has 3 nitrogen and oxygen atoms in total. The predicted octanol–water partition coefficient (Wildman–Crippen LogP) is 1.89. The molecule has 17 heavy (non-hydrogen) atoms. The monoisotopic (exact) mass is 249 g/mol. The number of hydrogen-bond acceptors (Lipinski definition) is 3. The van der Waals surface area contributed by atoms with E-state index in [4.69, 9.17) is 5.11 Å². The quantitative estimate of drug-likeness (QED) is 0.899. The average molecular weight is 249 g/mol. The van der Waals surface area contributed by atoms with Crippen LogP contribution in [0.5, 0.6) is 0 Å². The number of nitrogens with zero attached hydrogens (tertiary/aromatic N) is 1. The Labute approximate surface area is 104 Å². The normalized spacial score (nSPS) is 10.7. The summed E-state index contributed by atoms with van der Waals surface area (Å²) in [6.45, 7) is 0.223. The summed E-state index contributed by atoms with van der Waals surface area (Å²) in [6, 6.07) is 8.27. The Morgan fingerprint density at radius 2 is 2.18 bits per heavy atom. The van der Waals surface area contributed by atoms with Crippen LogP contribution >= 0.6 is 11.3 Å². The predicted molar refractivity (Wildman–Crippen MR) is 70.3 cm³/mol. The van der Waals surface area contributed by atoms with E-state index >= 15 is 0 Å². The van der Waals surface area contributed by atoms with Crippen LogP contribution in [0.2, 0.25) is 0 Å². The van der Waals surface area contributed by atoms with Gasteiger partial charge < -0.3 is 10.0 Å². The zero-order valence-electron chi connectivity index (χ0n) is 9.72. The molecule has 0 spiro atoms. The van der Waals surface area contributed by atoms with Gasteiger partial charge in [0.25, 0.3) is 0 Å². The molecule has 1 heterocycles. The smallest absolute Gasteiger partial charge is 0.248 e. The summed E-state index contributed by atoms with van der Waals surface area (Å²) in [5.74, 6) is -0.232. The maximum Gasteiger partial charge on any atom is 0.248 e. The van der Waals surface area contributed by atoms with Gasteiger partial charge in [0.15, 0.2) is 0 Å². The fourth-order valence-electron chi connectivity index (χ4n) is 1.76. The van der Waals surface area contributed by atoms with Gasteiger partial charge in [-0.3, -0.25) is 4.79 Å². The highest BCUT2D eigenvalue weighted by molar-refractivity contribution is 7.17. The average Bonchev–Trinajstić information content (AvgIpc) is 2.78. The minimum Gasteiger partial charge on any atom is -0.387 e. The summed E-state index contributed by atoms with van der Waals surface area (Å²) >= 11 is 1.73. The molecule has 1 aromatic carbocycles. The lowest BCUT2D eigenvalue weighted by atomic mass is 10.1. The van der Waals surface area contributed by atoms with Crippen LogP contribution < -0.4 is 0 Å². The Bertz CT molecular complexity index is 521. The summed E-state index contributed by atoms with van der Waals surface area (Å²) in [6.07, 6.45) is 0.826. The molecule has 1 aromatic heterocycles. The van der Waals surface area contributed by atoms with E-state index in [1.165, 1.54) is 15.6 Å². The van der Waals surface area contributed by atoms with Gasteiger partial charge in [-0.15, -0.1) is 11.3 Å². The molecule has 0 aliphatic rings. The highest BCUT2D eigenvalue weighted by Gasteiger charge is 2.08. The number of benzene rings is 1. The van der Waals surface area contributed by atoms with Crippen LogP contribution in [0.4, 0.5) is 0 Å². The lowest BCUT2D eigenvalue weighted by Crippen LogP contribution is -2.30. The molecule has 0 atom stereocenters. The Morgan fingerprint density at radius 3 is 2.94 bits per heavy atom. The second kappa shape index (κ2) is 5.29. The van der Waals surface area contributed by atoms with Crippen molar-refractivity contribution in [3.8, 4) is 0 Å². The molecule has 0 radical (unpaired) electrons. The lowest BCUT2D eigenvalue weighted by Gasteiger charge is -2.15. The van der Waals surface area contributed by atoms with Crippen LogP contribution in [0.25, 0.3) is 10.1 Å². The first-order valence-corrected chi connectivity index (χ1v) is 6.40. The van der Waals surface area contributed by atoms with E-state index in [9.17, 15) is 4.79 Å². The highest BCUT2D eigenvalue weighted by atomic mass is 32.1. The molecule has 4 heteroatoms. The number of aliphatic hydroxyl groups excluding tert-OH is 1. The molecule has 0 fully saturated rings. The van der Waals surface area contributed by atoms with Crippen molar-refractivity contribution in [2.24, 2.45) is 0 Å². The number of aliphatic hydroxyl groups is 1. The molecule has 1 amide bonds. The lowest BCUT2D eigenvalue weighted by molar-refractivity contribution is -0.132. The van der Waals surface area contributed by atoms with Crippen molar-refractivity contribution >= 4 is 27.3 Å². The number of amides is 1. The van der Waals surface area contributed by atoms with Gasteiger partial charge in [-0.05, 0) is 28.8 Å². The van der Waals surface area contributed by atoms with E-state index in [0.717, 1.165) is 6.42 Å². The SMILES string of the molecule is CN(CCc1csc2ccccc12)C(=O)CO. The Hall–Kier alpha value is -1.39. The fourth-order valence-corrected chi connectivity index (χ4v) is 2.76. The van der Waals surface area contributed by atoms with E-state index in [1.807, 2.05) is 12.1 Å². The zero-order chi connectivity index (χ0) is 12.3. The first-order valence-electron chi connectivity index (χ1n) is 5.52. The van der Waals surface area contributed by atoms with E-state index < -0.39 is 6.61 Å². The zero-order valence-corrected chi connectivity index (χ0v) is 10.5. The molecular formula is C13H15NO2S. The van der Waals surface area contributed by atoms with E-state index in [-0.39, 0.29) is 5.91 Å². The molecule has 0 aliphatic carbocycles. The molecule has 2 rings (SSSR count). The van der Waals surface area contributed by atoms with Crippen molar-refractivity contribution in [2.45, 2.75) is 6.42 Å². The summed E-state index contributed by atoms with van der Waals surface area (Å²) in [7, 11) is 1.72. The molecule has 0 bridgehead atoms. The number of rotatable bonds is 4. The van der Waals surface area contributed by atoms with Gasteiger partial charge in [0.1, 0.15) is 6.61 Å². The molecule has 0 saturated carbocycles. The Balaban J connectivity index is 2.07. The molecule has 0 unspecified atom stereocenters. The van der Waals surface area contributed by atoms with Crippen LogP contribution in [-0.2, 0) is 11.2 Å². The number of carbonyl (C=O) groups is 1. The van der Waals surface area contributed by atoms with Crippen LogP contribution in [-0.4, -0.2) is 36.1 Å². The summed E-state index contributed by atoms with van der Waals surface area (Å²) < 4.78 is 1.28. The standard InChI is InChI=1S/C13H15NO2S/c1-14(13(16)8-15)7-6-10-9-17-12-5-3-2-4-11(10)12/h2-5,9,15H,6-8H2,1H3. The molecular weight excluding hydrogens is 234 g/mol. The van der Waals surface area contributed by atoms with Crippen LogP contribution in [0.1, 0.15) is 5.56 Å². The molecule has 0 saturated heterocycles. The number of fused-ring (bicyclic) bond motifs is 1. The highest BCUT2D eigenvalue weighted by Crippen LogP contribution is 2.25. The second-order valence-electron chi connectivity index (χ2n) is 3.98. The van der Waals surface area contributed by atoms with Crippen molar-refractivity contribution in [1.82, 2.24) is 4.90 Å². The molecule has 0 aliphatic heterocycles. The summed E-state index contributed by atoms with van der Waals surface area (Å²) in [4.78, 5) is 12.8. The summed E-state index contributed by atoms with van der Waals surface area (Å²) in [5.41, 5.74) is 1.27. The minimum atomic E-state index is -0.416. The van der Waals surface area contributed by atoms with Gasteiger partial charge in [0.2, 0.25) is 5.91 Å². The number of thiophene rings is 1. The maximum absolute atomic E-state index is 11.2. The van der Waals surface area contributed by atoms with Gasteiger partial charge in [0.05, 0.1) is 0 Å². The van der Waals surface area contributed by atoms with Crippen molar-refractivity contribution in [3.05, 3.63) is 35.2 Å². The minimum absolute atomic E-state index is 0.232. The first-order chi connectivity index (χ1) is 8.22. The van der Waals surface area contributed by atoms with E-state index in [2.05, 4.69) is 17.5 Å². The number of hydrogen-bond donors (Lipinski definition) is 1. The van der Waals surface area contributed by atoms with Crippen molar-refractivity contribution in [3.63, 3.8) is 0 Å². The van der Waals surface area contributed by atoms with Crippen LogP contribution in [0.15, 0.2) is 29.6 Å². The van der Waals surface area contributed by atoms with Crippen LogP contribution in [0, 0.1) is 0 Å². The second-order valence-corrected chi connectivity index (χ2v) is 4.89. The van der Waals surface area contributed by atoms with Crippen LogP contribution in [0.3, 0.4) is 0 Å². The largest absolute Gasteiger partial charge is 0.387 e. The van der Waals surface area contributed by atoms with Gasteiger partial charge >= 0.3 is 0 Å². The maximum atomic E-state index is 11.2. The first kappa shape index (κ1) is 12.1. The molecule has 2 aromatic rings. The van der Waals surface area contributed by atoms with Crippen molar-refractivity contribution in [1.29, 1.82) is 0 Å². The van der Waals surface area contributed by atoms with Gasteiger partial charge in [-0.1, -0.05) is 18.2 Å². The molecule has 1 N–H and O–H groups in total. The number of carbonyl (C=O) groups excluding carboxylic acids is 1. The molecule has 90 valence electrons. The third kappa shape index (κ3) is 2.65. The van der Waals surface area contributed by atoms with Crippen molar-refractivity contribution < 1.29 is 9.90 Å². The number of likely N-dealkylation sites (N-methyl/N-ethyl adjacent to an activating group) is 1. The third-order valence-corrected chi connectivity index (χ3v) is 3.85. The summed E-state index contributed by atoms with van der Waals surface area (Å²) in [5, 5.41) is 12.2. The van der Waals surface area contributed by atoms with Gasteiger partial charge in [-0.2, -0.15) is 0 Å².